The highest BCUT2D eigenvalue weighted by Crippen LogP contribution is 2.31. The van der Waals surface area contributed by atoms with Crippen LogP contribution in [0.25, 0.3) is 0 Å². The van der Waals surface area contributed by atoms with E-state index in [1.165, 1.54) is 0 Å². The highest BCUT2D eigenvalue weighted by molar-refractivity contribution is 5.58. The second-order valence-corrected chi connectivity index (χ2v) is 4.99. The lowest BCUT2D eigenvalue weighted by atomic mass is 10.2. The first kappa shape index (κ1) is 13.1. The Hall–Kier alpha value is -1.94. The number of anilines is 1. The van der Waals surface area contributed by atoms with Gasteiger partial charge in [0.1, 0.15) is 17.3 Å². The van der Waals surface area contributed by atoms with Crippen molar-refractivity contribution in [3.8, 4) is 5.75 Å². The topological polar surface area (TPSA) is 37.6 Å². The van der Waals surface area contributed by atoms with Crippen molar-refractivity contribution in [1.29, 1.82) is 0 Å². The van der Waals surface area contributed by atoms with Crippen LogP contribution in [0.5, 0.6) is 5.75 Å². The summed E-state index contributed by atoms with van der Waals surface area (Å²) >= 11 is 0. The van der Waals surface area contributed by atoms with Crippen molar-refractivity contribution >= 4 is 5.69 Å². The Balaban J connectivity index is 1.79. The molecule has 1 aromatic carbocycles. The number of ether oxygens (including phenoxy) is 1. The number of hydrogen-bond donors (Lipinski definition) is 1. The lowest BCUT2D eigenvalue weighted by molar-refractivity contribution is 0.322. The minimum atomic E-state index is 0.764. The summed E-state index contributed by atoms with van der Waals surface area (Å²) in [6.45, 7) is 3.31. The third-order valence-corrected chi connectivity index (χ3v) is 3.45. The van der Waals surface area contributed by atoms with E-state index in [1.807, 2.05) is 25.2 Å². The number of benzene rings is 1. The van der Waals surface area contributed by atoms with Crippen molar-refractivity contribution in [2.24, 2.45) is 0 Å². The molecule has 3 rings (SSSR count). The summed E-state index contributed by atoms with van der Waals surface area (Å²) in [6, 6.07) is 12.3. The quantitative estimate of drug-likeness (QED) is 0.928. The smallest absolute Gasteiger partial charge is 0.142 e. The molecule has 0 bridgehead atoms. The molecule has 20 heavy (non-hydrogen) atoms. The first-order valence-electron chi connectivity index (χ1n) is 7.06. The van der Waals surface area contributed by atoms with Crippen molar-refractivity contribution in [1.82, 2.24) is 5.32 Å². The minimum absolute atomic E-state index is 0.764. The van der Waals surface area contributed by atoms with Gasteiger partial charge in [-0.15, -0.1) is 0 Å². The zero-order valence-electron chi connectivity index (χ0n) is 11.8. The molecule has 0 spiro atoms. The Bertz CT molecular complexity index is 565. The Morgan fingerprint density at radius 1 is 1.15 bits per heavy atom. The molecule has 0 fully saturated rings. The van der Waals surface area contributed by atoms with Gasteiger partial charge in [-0.25, -0.2) is 0 Å². The molecular weight excluding hydrogens is 252 g/mol. The van der Waals surface area contributed by atoms with Crippen LogP contribution >= 0.6 is 0 Å². The zero-order valence-corrected chi connectivity index (χ0v) is 11.8. The molecule has 0 saturated carbocycles. The largest absolute Gasteiger partial charge is 0.491 e. The van der Waals surface area contributed by atoms with E-state index >= 15 is 0 Å². The van der Waals surface area contributed by atoms with E-state index < -0.39 is 0 Å². The van der Waals surface area contributed by atoms with Crippen LogP contribution in [0, 0.1) is 0 Å². The van der Waals surface area contributed by atoms with Gasteiger partial charge in [-0.1, -0.05) is 12.1 Å². The van der Waals surface area contributed by atoms with Crippen molar-refractivity contribution in [3.05, 3.63) is 47.9 Å². The van der Waals surface area contributed by atoms with E-state index in [0.717, 1.165) is 55.6 Å². The molecule has 2 heterocycles. The highest BCUT2D eigenvalue weighted by atomic mass is 16.5. The van der Waals surface area contributed by atoms with Crippen LogP contribution in [-0.2, 0) is 13.1 Å². The van der Waals surface area contributed by atoms with Crippen molar-refractivity contribution in [2.45, 2.75) is 19.5 Å². The van der Waals surface area contributed by atoms with Gasteiger partial charge in [-0.3, -0.25) is 0 Å². The van der Waals surface area contributed by atoms with Gasteiger partial charge in [-0.05, 0) is 37.7 Å². The van der Waals surface area contributed by atoms with E-state index in [1.54, 1.807) is 0 Å². The van der Waals surface area contributed by atoms with Crippen LogP contribution in [0.15, 0.2) is 40.8 Å². The van der Waals surface area contributed by atoms with Gasteiger partial charge in [0.25, 0.3) is 0 Å². The van der Waals surface area contributed by atoms with Crippen LogP contribution in [0.4, 0.5) is 5.69 Å². The molecule has 1 aliphatic heterocycles. The van der Waals surface area contributed by atoms with Crippen LogP contribution in [0.2, 0.25) is 0 Å². The fraction of sp³-hybridized carbons (Fsp3) is 0.375. The van der Waals surface area contributed by atoms with Crippen molar-refractivity contribution < 1.29 is 9.15 Å². The van der Waals surface area contributed by atoms with Gasteiger partial charge >= 0.3 is 0 Å². The lowest BCUT2D eigenvalue weighted by Gasteiger charge is -2.22. The number of nitrogens with one attached hydrogen (secondary N) is 1. The molecule has 0 radical (unpaired) electrons. The number of rotatable bonds is 4. The number of para-hydroxylation sites is 2. The number of fused-ring (bicyclic) bond motifs is 1. The highest BCUT2D eigenvalue weighted by Gasteiger charge is 2.17. The van der Waals surface area contributed by atoms with E-state index in [0.29, 0.717) is 0 Å². The first-order chi connectivity index (χ1) is 9.86. The molecule has 0 amide bonds. The molecule has 1 aliphatic rings. The van der Waals surface area contributed by atoms with Crippen LogP contribution < -0.4 is 15.0 Å². The second kappa shape index (κ2) is 6.01. The molecule has 4 nitrogen and oxygen atoms in total. The van der Waals surface area contributed by atoms with Gasteiger partial charge in [0.2, 0.25) is 0 Å². The van der Waals surface area contributed by atoms with Crippen molar-refractivity contribution in [2.75, 3.05) is 25.1 Å². The summed E-state index contributed by atoms with van der Waals surface area (Å²) < 4.78 is 11.6. The van der Waals surface area contributed by atoms with E-state index in [9.17, 15) is 0 Å². The molecule has 4 heteroatoms. The third kappa shape index (κ3) is 2.80. The molecule has 1 N–H and O–H groups in total. The second-order valence-electron chi connectivity index (χ2n) is 4.99. The predicted molar refractivity (Wildman–Crippen MR) is 79.1 cm³/mol. The SMILES string of the molecule is CNCc1ccc(CN2CCCOc3ccccc32)o1. The standard InChI is InChI=1S/C16H20N2O2/c1-17-11-13-7-8-14(20-13)12-18-9-4-10-19-16-6-3-2-5-15(16)18/h2-3,5-8,17H,4,9-12H2,1H3. The molecule has 0 unspecified atom stereocenters. The third-order valence-electron chi connectivity index (χ3n) is 3.45. The predicted octanol–water partition coefficient (Wildman–Crippen LogP) is 2.79. The first-order valence-corrected chi connectivity index (χ1v) is 7.06. The molecular formula is C16H20N2O2. The fourth-order valence-electron chi connectivity index (χ4n) is 2.53. The summed E-state index contributed by atoms with van der Waals surface area (Å²) in [6.07, 6.45) is 1.03. The molecule has 0 atom stereocenters. The van der Waals surface area contributed by atoms with Gasteiger partial charge in [0, 0.05) is 6.54 Å². The number of nitrogens with zero attached hydrogens (tertiary/aromatic N) is 1. The fourth-order valence-corrected chi connectivity index (χ4v) is 2.53. The molecule has 106 valence electrons. The van der Waals surface area contributed by atoms with Crippen LogP contribution in [0.3, 0.4) is 0 Å². The van der Waals surface area contributed by atoms with Crippen LogP contribution in [-0.4, -0.2) is 20.2 Å². The monoisotopic (exact) mass is 272 g/mol. The summed E-state index contributed by atoms with van der Waals surface area (Å²) in [7, 11) is 1.92. The molecule has 2 aromatic rings. The molecule has 0 saturated heterocycles. The number of furan rings is 1. The average molecular weight is 272 g/mol. The average Bonchev–Trinajstić information content (AvgIpc) is 2.80. The lowest BCUT2D eigenvalue weighted by Crippen LogP contribution is -2.22. The Kier molecular flexibility index (Phi) is 3.92. The zero-order chi connectivity index (χ0) is 13.8. The summed E-state index contributed by atoms with van der Waals surface area (Å²) in [5.41, 5.74) is 1.15. The maximum Gasteiger partial charge on any atom is 0.142 e. The minimum Gasteiger partial charge on any atom is -0.491 e. The Morgan fingerprint density at radius 3 is 2.90 bits per heavy atom. The summed E-state index contributed by atoms with van der Waals surface area (Å²) in [4.78, 5) is 2.32. The number of hydrogen-bond acceptors (Lipinski definition) is 4. The van der Waals surface area contributed by atoms with E-state index in [2.05, 4.69) is 28.4 Å². The normalized spacial score (nSPS) is 14.6. The Labute approximate surface area is 119 Å². The van der Waals surface area contributed by atoms with Crippen molar-refractivity contribution in [3.63, 3.8) is 0 Å². The summed E-state index contributed by atoms with van der Waals surface area (Å²) in [5, 5.41) is 3.10. The Morgan fingerprint density at radius 2 is 2.00 bits per heavy atom. The van der Waals surface area contributed by atoms with Crippen LogP contribution in [0.1, 0.15) is 17.9 Å². The maximum atomic E-state index is 5.84. The van der Waals surface area contributed by atoms with E-state index in [4.69, 9.17) is 9.15 Å². The van der Waals surface area contributed by atoms with Gasteiger partial charge in [0.05, 0.1) is 25.4 Å². The van der Waals surface area contributed by atoms with Gasteiger partial charge < -0.3 is 19.4 Å². The summed E-state index contributed by atoms with van der Waals surface area (Å²) in [5.74, 6) is 2.93. The molecule has 0 aliphatic carbocycles. The van der Waals surface area contributed by atoms with Gasteiger partial charge in [0.15, 0.2) is 0 Å². The maximum absolute atomic E-state index is 5.84. The van der Waals surface area contributed by atoms with E-state index in [-0.39, 0.29) is 0 Å². The van der Waals surface area contributed by atoms with Gasteiger partial charge in [-0.2, -0.15) is 0 Å². The molecule has 1 aromatic heterocycles.